The van der Waals surface area contributed by atoms with Crippen molar-refractivity contribution in [1.82, 2.24) is 4.90 Å². The number of hydrogen-bond acceptors (Lipinski definition) is 3. The largest absolute Gasteiger partial charge is 0.478 e. The average Bonchev–Trinajstić information content (AvgIpc) is 2.49. The molecule has 6 nitrogen and oxygen atoms in total. The second-order valence-electron chi connectivity index (χ2n) is 4.85. The number of carbonyl (C=O) groups is 2. The van der Waals surface area contributed by atoms with Gasteiger partial charge in [-0.3, -0.25) is 0 Å². The highest BCUT2D eigenvalue weighted by Gasteiger charge is 2.24. The summed E-state index contributed by atoms with van der Waals surface area (Å²) in [7, 11) is 1.60. The van der Waals surface area contributed by atoms with Gasteiger partial charge in [-0.15, -0.1) is 0 Å². The molecule has 0 aromatic heterocycles. The molecule has 0 bridgehead atoms. The van der Waals surface area contributed by atoms with Crippen LogP contribution in [0.2, 0.25) is 0 Å². The van der Waals surface area contributed by atoms with E-state index in [0.717, 1.165) is 6.07 Å². The Bertz CT molecular complexity index is 544. The van der Waals surface area contributed by atoms with Crippen molar-refractivity contribution in [3.05, 3.63) is 29.6 Å². The average molecular weight is 296 g/mol. The van der Waals surface area contributed by atoms with E-state index in [1.807, 2.05) is 0 Å². The van der Waals surface area contributed by atoms with Gasteiger partial charge in [-0.2, -0.15) is 0 Å². The fourth-order valence-corrected chi connectivity index (χ4v) is 2.26. The highest BCUT2D eigenvalue weighted by molar-refractivity contribution is 6.00. The van der Waals surface area contributed by atoms with Crippen molar-refractivity contribution in [1.29, 1.82) is 0 Å². The Morgan fingerprint density at radius 1 is 1.38 bits per heavy atom. The van der Waals surface area contributed by atoms with Crippen LogP contribution in [0, 0.1) is 5.82 Å². The van der Waals surface area contributed by atoms with E-state index in [1.54, 1.807) is 7.05 Å². The number of nitrogens with zero attached hydrogens (tertiary/aromatic N) is 1. The standard InChI is InChI=1S/C14H17FN2O4/c1-17(9-5-7-21-8-6-9)14(20)16-12-10(13(18)19)3-2-4-11(12)15/h2-4,9H,5-8H2,1H3,(H,16,20)(H,18,19). The van der Waals surface area contributed by atoms with E-state index in [2.05, 4.69) is 5.32 Å². The van der Waals surface area contributed by atoms with Gasteiger partial charge in [-0.25, -0.2) is 14.0 Å². The monoisotopic (exact) mass is 296 g/mol. The molecule has 1 saturated heterocycles. The summed E-state index contributed by atoms with van der Waals surface area (Å²) in [5.41, 5.74) is -0.586. The van der Waals surface area contributed by atoms with Gasteiger partial charge in [0.05, 0.1) is 11.3 Å². The van der Waals surface area contributed by atoms with Crippen molar-refractivity contribution >= 4 is 17.7 Å². The number of benzene rings is 1. The Balaban J connectivity index is 2.13. The van der Waals surface area contributed by atoms with Crippen LogP contribution in [0.1, 0.15) is 23.2 Å². The van der Waals surface area contributed by atoms with E-state index in [1.165, 1.54) is 17.0 Å². The predicted molar refractivity (Wildman–Crippen MR) is 74.0 cm³/mol. The number of urea groups is 1. The van der Waals surface area contributed by atoms with E-state index >= 15 is 0 Å². The molecule has 0 atom stereocenters. The van der Waals surface area contributed by atoms with Crippen molar-refractivity contribution in [2.24, 2.45) is 0 Å². The molecule has 1 heterocycles. The van der Waals surface area contributed by atoms with Crippen molar-refractivity contribution < 1.29 is 23.8 Å². The van der Waals surface area contributed by atoms with Crippen LogP contribution >= 0.6 is 0 Å². The zero-order valence-corrected chi connectivity index (χ0v) is 11.6. The molecular formula is C14H17FN2O4. The molecule has 2 N–H and O–H groups in total. The maximum atomic E-state index is 13.8. The Labute approximate surface area is 121 Å². The zero-order chi connectivity index (χ0) is 15.4. The second kappa shape index (κ2) is 6.53. The quantitative estimate of drug-likeness (QED) is 0.896. The van der Waals surface area contributed by atoms with Crippen LogP contribution in [-0.2, 0) is 4.74 Å². The second-order valence-corrected chi connectivity index (χ2v) is 4.85. The minimum Gasteiger partial charge on any atom is -0.478 e. The van der Waals surface area contributed by atoms with E-state index in [9.17, 15) is 14.0 Å². The summed E-state index contributed by atoms with van der Waals surface area (Å²) in [6, 6.07) is 3.11. The Morgan fingerprint density at radius 3 is 2.67 bits per heavy atom. The van der Waals surface area contributed by atoms with E-state index in [0.29, 0.717) is 26.1 Å². The summed E-state index contributed by atoms with van der Waals surface area (Å²) in [6.07, 6.45) is 1.40. The first kappa shape index (κ1) is 15.2. The van der Waals surface area contributed by atoms with Gasteiger partial charge in [0.15, 0.2) is 0 Å². The fourth-order valence-electron chi connectivity index (χ4n) is 2.26. The molecule has 0 saturated carbocycles. The molecule has 0 aliphatic carbocycles. The smallest absolute Gasteiger partial charge is 0.337 e. The molecule has 7 heteroatoms. The summed E-state index contributed by atoms with van der Waals surface area (Å²) in [5.74, 6) is -2.07. The van der Waals surface area contributed by atoms with Gasteiger partial charge in [0.1, 0.15) is 5.82 Å². The molecule has 0 spiro atoms. The number of rotatable bonds is 3. The summed E-state index contributed by atoms with van der Waals surface area (Å²) in [6.45, 7) is 1.14. The van der Waals surface area contributed by atoms with Crippen molar-refractivity contribution in [3.8, 4) is 0 Å². The number of para-hydroxylation sites is 1. The minimum absolute atomic E-state index is 0.00111. The number of hydrogen-bond donors (Lipinski definition) is 2. The summed E-state index contributed by atoms with van der Waals surface area (Å²) < 4.78 is 19.0. The number of nitrogens with one attached hydrogen (secondary N) is 1. The number of carbonyl (C=O) groups excluding carboxylic acids is 1. The number of halogens is 1. The lowest BCUT2D eigenvalue weighted by atomic mass is 10.1. The Hall–Kier alpha value is -2.15. The Kier molecular flexibility index (Phi) is 4.74. The first-order valence-corrected chi connectivity index (χ1v) is 6.64. The zero-order valence-electron chi connectivity index (χ0n) is 11.6. The molecule has 2 rings (SSSR count). The van der Waals surface area contributed by atoms with Crippen LogP contribution in [0.15, 0.2) is 18.2 Å². The van der Waals surface area contributed by atoms with Gasteiger partial charge in [0, 0.05) is 26.3 Å². The third kappa shape index (κ3) is 3.49. The number of aromatic carboxylic acids is 1. The highest BCUT2D eigenvalue weighted by atomic mass is 19.1. The minimum atomic E-state index is -1.29. The van der Waals surface area contributed by atoms with Crippen LogP contribution in [-0.4, -0.2) is 48.3 Å². The van der Waals surface area contributed by atoms with Crippen LogP contribution < -0.4 is 5.32 Å². The molecule has 0 unspecified atom stereocenters. The number of ether oxygens (including phenoxy) is 1. The molecule has 1 aliphatic rings. The van der Waals surface area contributed by atoms with Crippen LogP contribution in [0.4, 0.5) is 14.9 Å². The van der Waals surface area contributed by atoms with Gasteiger partial charge in [0.25, 0.3) is 0 Å². The van der Waals surface area contributed by atoms with Gasteiger partial charge in [0.2, 0.25) is 0 Å². The maximum Gasteiger partial charge on any atom is 0.337 e. The molecule has 1 aromatic carbocycles. The predicted octanol–water partition coefficient (Wildman–Crippen LogP) is 2.17. The third-order valence-corrected chi connectivity index (χ3v) is 3.53. The fraction of sp³-hybridized carbons (Fsp3) is 0.429. The molecule has 0 radical (unpaired) electrons. The lowest BCUT2D eigenvalue weighted by molar-refractivity contribution is 0.0544. The molecule has 1 aromatic rings. The molecule has 2 amide bonds. The van der Waals surface area contributed by atoms with Gasteiger partial charge >= 0.3 is 12.0 Å². The van der Waals surface area contributed by atoms with Crippen LogP contribution in [0.5, 0.6) is 0 Å². The van der Waals surface area contributed by atoms with Gasteiger partial charge < -0.3 is 20.1 Å². The van der Waals surface area contributed by atoms with E-state index in [4.69, 9.17) is 9.84 Å². The molecular weight excluding hydrogens is 279 g/mol. The maximum absolute atomic E-state index is 13.8. The highest BCUT2D eigenvalue weighted by Crippen LogP contribution is 2.21. The normalized spacial score (nSPS) is 15.5. The third-order valence-electron chi connectivity index (χ3n) is 3.53. The topological polar surface area (TPSA) is 78.9 Å². The number of anilines is 1. The van der Waals surface area contributed by atoms with E-state index in [-0.39, 0.29) is 17.3 Å². The van der Waals surface area contributed by atoms with Crippen molar-refractivity contribution in [2.45, 2.75) is 18.9 Å². The summed E-state index contributed by atoms with van der Waals surface area (Å²) in [4.78, 5) is 24.7. The lowest BCUT2D eigenvalue weighted by Gasteiger charge is -2.31. The molecule has 114 valence electrons. The number of carboxylic acids is 1. The van der Waals surface area contributed by atoms with Crippen LogP contribution in [0.3, 0.4) is 0 Å². The molecule has 1 aliphatic heterocycles. The van der Waals surface area contributed by atoms with Gasteiger partial charge in [-0.1, -0.05) is 6.07 Å². The van der Waals surface area contributed by atoms with E-state index < -0.39 is 17.8 Å². The van der Waals surface area contributed by atoms with Crippen molar-refractivity contribution in [2.75, 3.05) is 25.6 Å². The Morgan fingerprint density at radius 2 is 2.05 bits per heavy atom. The number of carboxylic acid groups (broad SMARTS) is 1. The first-order chi connectivity index (χ1) is 10.0. The molecule has 21 heavy (non-hydrogen) atoms. The molecule has 1 fully saturated rings. The van der Waals surface area contributed by atoms with Gasteiger partial charge in [-0.05, 0) is 25.0 Å². The van der Waals surface area contributed by atoms with Crippen molar-refractivity contribution in [3.63, 3.8) is 0 Å². The summed E-state index contributed by atoms with van der Waals surface area (Å²) in [5, 5.41) is 11.4. The van der Waals surface area contributed by atoms with Crippen LogP contribution in [0.25, 0.3) is 0 Å². The SMILES string of the molecule is CN(C(=O)Nc1c(F)cccc1C(=O)O)C1CCOCC1. The number of amides is 2. The summed E-state index contributed by atoms with van der Waals surface area (Å²) >= 11 is 0. The lowest BCUT2D eigenvalue weighted by Crippen LogP contribution is -2.43. The first-order valence-electron chi connectivity index (χ1n) is 6.64.